The molecule has 0 spiro atoms. The van der Waals surface area contributed by atoms with E-state index in [1.54, 1.807) is 36.4 Å². The van der Waals surface area contributed by atoms with Crippen molar-refractivity contribution >= 4 is 57.8 Å². The van der Waals surface area contributed by atoms with Gasteiger partial charge in [0.1, 0.15) is 0 Å². The zero-order valence-electron chi connectivity index (χ0n) is 20.0. The molecule has 4 aliphatic rings. The van der Waals surface area contributed by atoms with E-state index in [1.807, 2.05) is 13.8 Å². The Morgan fingerprint density at radius 2 is 1.11 bits per heavy atom. The molecule has 2 atom stereocenters. The fourth-order valence-electron chi connectivity index (χ4n) is 6.41. The van der Waals surface area contributed by atoms with Gasteiger partial charge in [0.2, 0.25) is 0 Å². The molecule has 0 radical (unpaired) electrons. The molecular formula is C27H31Cl4CuN3-2. The molecule has 0 aromatic heterocycles. The van der Waals surface area contributed by atoms with E-state index in [2.05, 4.69) is 14.6 Å². The molecule has 2 aromatic carbocycles. The van der Waals surface area contributed by atoms with E-state index in [0.717, 1.165) is 24.2 Å². The van der Waals surface area contributed by atoms with Gasteiger partial charge in [-0.15, -0.1) is 23.5 Å². The van der Waals surface area contributed by atoms with Crippen LogP contribution in [0.5, 0.6) is 0 Å². The zero-order chi connectivity index (χ0) is 25.2. The minimum absolute atomic E-state index is 0.00686. The Balaban J connectivity index is 0.000000198. The molecule has 4 aliphatic carbocycles. The second-order valence-corrected chi connectivity index (χ2v) is 12.4. The molecule has 8 heteroatoms. The summed E-state index contributed by atoms with van der Waals surface area (Å²) in [5, 5.41) is 11.4. The van der Waals surface area contributed by atoms with Crippen LogP contribution in [0.1, 0.15) is 58.8 Å². The van der Waals surface area contributed by atoms with E-state index in [-0.39, 0.29) is 17.6 Å². The molecule has 0 saturated heterocycles. The molecule has 4 bridgehead atoms. The monoisotopic (exact) mass is 600 g/mol. The van der Waals surface area contributed by atoms with Gasteiger partial charge in [-0.2, -0.15) is 0 Å². The fourth-order valence-corrected chi connectivity index (χ4v) is 7.66. The van der Waals surface area contributed by atoms with Gasteiger partial charge in [0.25, 0.3) is 0 Å². The van der Waals surface area contributed by atoms with Gasteiger partial charge in [0.05, 0.1) is 0 Å². The van der Waals surface area contributed by atoms with Crippen molar-refractivity contribution < 1.29 is 15.8 Å². The minimum atomic E-state index is 0.00686. The van der Waals surface area contributed by atoms with Crippen LogP contribution in [0.3, 0.4) is 0 Å². The number of para-hydroxylation sites is 2. The average molecular weight is 603 g/mol. The van der Waals surface area contributed by atoms with Gasteiger partial charge in [0, 0.05) is 20.1 Å². The van der Waals surface area contributed by atoms with Gasteiger partial charge in [-0.05, 0) is 24.3 Å². The van der Waals surface area contributed by atoms with Gasteiger partial charge in [-0.1, -0.05) is 78.8 Å². The van der Waals surface area contributed by atoms with Crippen molar-refractivity contribution in [3.05, 3.63) is 67.1 Å². The van der Waals surface area contributed by atoms with Crippen molar-refractivity contribution in [3.8, 4) is 0 Å². The Hall–Kier alpha value is -0.481. The number of nitrogens with zero attached hydrogens (tertiary/aromatic N) is 3. The second-order valence-electron chi connectivity index (χ2n) is 10.5. The van der Waals surface area contributed by atoms with Crippen LogP contribution in [-0.2, 0) is 15.8 Å². The number of halogens is 4. The SMILES string of the molecule is CC(CC(C)[N-]c1c(Cl)cccc1Cl)[N-]c1c(Cl)cccc1Cl.[Cu]=[N]C12CC3CC(CC(C3)C1)C2. The van der Waals surface area contributed by atoms with E-state index in [1.165, 1.54) is 38.5 Å². The summed E-state index contributed by atoms with van der Waals surface area (Å²) < 4.78 is 4.24. The first-order valence-electron chi connectivity index (χ1n) is 12.3. The molecule has 2 aromatic rings. The molecule has 3 nitrogen and oxygen atoms in total. The molecule has 6 rings (SSSR count). The van der Waals surface area contributed by atoms with Crippen molar-refractivity contribution in [1.82, 2.24) is 0 Å². The molecule has 4 fully saturated rings. The maximum atomic E-state index is 6.14. The van der Waals surface area contributed by atoms with Crippen molar-refractivity contribution in [2.45, 2.75) is 76.4 Å². The molecular weight excluding hydrogens is 572 g/mol. The summed E-state index contributed by atoms with van der Waals surface area (Å²) in [5.41, 5.74) is 1.51. The topological polar surface area (TPSA) is 40.6 Å². The molecule has 0 N–H and O–H groups in total. The van der Waals surface area contributed by atoms with Crippen molar-refractivity contribution in [1.29, 1.82) is 0 Å². The third kappa shape index (κ3) is 6.89. The van der Waals surface area contributed by atoms with Gasteiger partial charge in [0.15, 0.2) is 0 Å². The van der Waals surface area contributed by atoms with Crippen LogP contribution in [0, 0.1) is 17.8 Å². The first kappa shape index (κ1) is 27.6. The quantitative estimate of drug-likeness (QED) is 0.283. The van der Waals surface area contributed by atoms with Crippen LogP contribution in [-0.4, -0.2) is 17.6 Å². The van der Waals surface area contributed by atoms with E-state index < -0.39 is 0 Å². The number of rotatable bonds is 7. The molecule has 195 valence electrons. The summed E-state index contributed by atoms with van der Waals surface area (Å²) in [6.07, 6.45) is 9.14. The number of hydrogen-bond donors (Lipinski definition) is 0. The van der Waals surface area contributed by atoms with E-state index in [0.29, 0.717) is 31.5 Å². The van der Waals surface area contributed by atoms with Crippen LogP contribution in [0.2, 0.25) is 20.1 Å². The van der Waals surface area contributed by atoms with Crippen LogP contribution in [0.15, 0.2) is 40.4 Å². The number of hydrogen-bond acceptors (Lipinski definition) is 1. The second kappa shape index (κ2) is 11.9. The Labute approximate surface area is 237 Å². The predicted molar refractivity (Wildman–Crippen MR) is 146 cm³/mol. The van der Waals surface area contributed by atoms with Crippen LogP contribution in [0.25, 0.3) is 10.6 Å². The zero-order valence-corrected chi connectivity index (χ0v) is 23.9. The summed E-state index contributed by atoms with van der Waals surface area (Å²) in [5.74, 6) is 2.96. The Bertz CT molecular complexity index is 914. The Morgan fingerprint density at radius 3 is 1.43 bits per heavy atom. The normalized spacial score (nSPS) is 28.1. The van der Waals surface area contributed by atoms with Crippen LogP contribution in [0.4, 0.5) is 11.4 Å². The average Bonchev–Trinajstić information content (AvgIpc) is 2.78. The van der Waals surface area contributed by atoms with Crippen molar-refractivity contribution in [2.24, 2.45) is 21.7 Å². The van der Waals surface area contributed by atoms with Gasteiger partial charge >= 0.3 is 81.6 Å². The van der Waals surface area contributed by atoms with Gasteiger partial charge in [-0.3, -0.25) is 0 Å². The maximum absolute atomic E-state index is 6.14. The summed E-state index contributed by atoms with van der Waals surface area (Å²) in [7, 11) is 0. The Morgan fingerprint density at radius 1 is 0.771 bits per heavy atom. The first-order chi connectivity index (χ1) is 16.7. The van der Waals surface area contributed by atoms with E-state index >= 15 is 0 Å². The van der Waals surface area contributed by atoms with Crippen LogP contribution < -0.4 is 0 Å². The predicted octanol–water partition coefficient (Wildman–Crippen LogP) is 10.9. The molecule has 4 saturated carbocycles. The van der Waals surface area contributed by atoms with Crippen molar-refractivity contribution in [2.75, 3.05) is 0 Å². The fraction of sp³-hybridized carbons (Fsp3) is 0.556. The summed E-state index contributed by atoms with van der Waals surface area (Å²) in [6, 6.07) is 10.7. The van der Waals surface area contributed by atoms with Gasteiger partial charge in [-0.25, -0.2) is 0 Å². The summed E-state index contributed by atoms with van der Waals surface area (Å²) in [4.78, 5) is 0. The molecule has 35 heavy (non-hydrogen) atoms. The standard InChI is InChI=1S/C17H16Cl4N2.C10H15N.Cu/c1-10(22-16-12(18)5-3-6-13(16)19)9-11(2)23-17-14(20)7-4-8-15(17)21;11-10-4-7-1-8(5-10)3-9(2-7)6-10;/h3-8,10-11H,9H2,1-2H3;7-9H,1-6H2;/q-2;;. The third-order valence-electron chi connectivity index (χ3n) is 7.41. The molecule has 2 unspecified atom stereocenters. The summed E-state index contributed by atoms with van der Waals surface area (Å²) in [6.45, 7) is 4.00. The first-order valence-corrected chi connectivity index (χ1v) is 14.2. The van der Waals surface area contributed by atoms with E-state index in [9.17, 15) is 0 Å². The van der Waals surface area contributed by atoms with E-state index in [4.69, 9.17) is 62.2 Å². The Kier molecular flexibility index (Phi) is 9.39. The van der Waals surface area contributed by atoms with Gasteiger partial charge < -0.3 is 10.6 Å². The number of benzene rings is 2. The summed E-state index contributed by atoms with van der Waals surface area (Å²) >= 11 is 29.7. The van der Waals surface area contributed by atoms with Crippen LogP contribution >= 0.6 is 46.4 Å². The molecule has 0 aliphatic heterocycles. The molecule has 0 amide bonds. The third-order valence-corrected chi connectivity index (χ3v) is 9.07. The molecule has 0 heterocycles. The van der Waals surface area contributed by atoms with Crippen molar-refractivity contribution in [3.63, 3.8) is 0 Å².